The van der Waals surface area contributed by atoms with Crippen LogP contribution in [0, 0.1) is 0 Å². The highest BCUT2D eigenvalue weighted by molar-refractivity contribution is 6.76. The molecule has 2 aromatic carbocycles. The van der Waals surface area contributed by atoms with Crippen LogP contribution in [0.15, 0.2) is 42.6 Å². The highest BCUT2D eigenvalue weighted by Gasteiger charge is 2.32. The second kappa shape index (κ2) is 18.5. The van der Waals surface area contributed by atoms with Crippen molar-refractivity contribution in [3.8, 4) is 11.6 Å². The molecule has 0 aliphatic carbocycles. The Hall–Kier alpha value is -4.12. The molecule has 4 rings (SSSR count). The maximum atomic E-state index is 13.0. The Morgan fingerprint density at radius 2 is 1.70 bits per heavy atom. The van der Waals surface area contributed by atoms with Crippen LogP contribution in [0.4, 0.5) is 18.0 Å². The van der Waals surface area contributed by atoms with E-state index < -0.39 is 37.8 Å². The first-order valence-corrected chi connectivity index (χ1v) is 21.6. The molecule has 0 radical (unpaired) electrons. The van der Waals surface area contributed by atoms with Crippen LogP contribution in [0.5, 0.6) is 11.6 Å². The van der Waals surface area contributed by atoms with Crippen LogP contribution in [0.2, 0.25) is 30.7 Å². The predicted molar refractivity (Wildman–Crippen MR) is 201 cm³/mol. The first-order chi connectivity index (χ1) is 25.3. The van der Waals surface area contributed by atoms with Gasteiger partial charge in [0.05, 0.1) is 46.9 Å². The summed E-state index contributed by atoms with van der Waals surface area (Å²) in [4.78, 5) is 31.4. The molecule has 0 aliphatic rings. The van der Waals surface area contributed by atoms with Crippen molar-refractivity contribution in [2.24, 2.45) is 0 Å². The van der Waals surface area contributed by atoms with Crippen molar-refractivity contribution in [1.82, 2.24) is 19.7 Å². The Morgan fingerprint density at radius 1 is 0.944 bits per heavy atom. The van der Waals surface area contributed by atoms with Gasteiger partial charge in [-0.15, -0.1) is 13.2 Å². The number of pyridine rings is 1. The number of carbonyl (C=O) groups is 2. The second-order valence-electron chi connectivity index (χ2n) is 14.8. The molecule has 54 heavy (non-hydrogen) atoms. The number of hydrogen-bond donors (Lipinski definition) is 0. The smallest absolute Gasteiger partial charge is 0.475 e. The molecule has 0 fully saturated rings. The first kappa shape index (κ1) is 42.6. The molecule has 296 valence electrons. The molecule has 17 heteroatoms. The number of rotatable bonds is 18. The quantitative estimate of drug-likeness (QED) is 0.0548. The van der Waals surface area contributed by atoms with Crippen LogP contribution in [0.25, 0.3) is 21.8 Å². The van der Waals surface area contributed by atoms with Crippen molar-refractivity contribution >= 4 is 53.5 Å². The molecule has 0 spiro atoms. The number of esters is 1. The molecule has 0 bridgehead atoms. The van der Waals surface area contributed by atoms with E-state index in [2.05, 4.69) is 29.5 Å². The average molecular weight is 797 g/mol. The SMILES string of the molecule is COC(=O)c1ccc2c(c1)nc(OCCOCCCCN(Cc1ccc(OC(F)(F)F)c(Cl)c1)C(=O)OC(C)(C)C)c1cnn(COCC[Si](C)(C)C)c12. The molecular formula is C37H48ClF3N4O8Si. The first-order valence-electron chi connectivity index (χ1n) is 17.5. The van der Waals surface area contributed by atoms with E-state index in [1.807, 2.05) is 6.07 Å². The summed E-state index contributed by atoms with van der Waals surface area (Å²) in [6.45, 7) is 14.1. The minimum absolute atomic E-state index is 0.0607. The lowest BCUT2D eigenvalue weighted by molar-refractivity contribution is -0.274. The molecule has 0 aliphatic heterocycles. The van der Waals surface area contributed by atoms with Gasteiger partial charge in [-0.25, -0.2) is 19.3 Å². The lowest BCUT2D eigenvalue weighted by Gasteiger charge is -2.27. The third-order valence-corrected chi connectivity index (χ3v) is 9.86. The molecule has 2 heterocycles. The number of hydrogen-bond acceptors (Lipinski definition) is 10. The third-order valence-electron chi connectivity index (χ3n) is 7.86. The van der Waals surface area contributed by atoms with E-state index in [-0.39, 0.29) is 31.5 Å². The van der Waals surface area contributed by atoms with Crippen molar-refractivity contribution in [3.05, 3.63) is 58.7 Å². The number of fused-ring (bicyclic) bond motifs is 3. The van der Waals surface area contributed by atoms with E-state index >= 15 is 0 Å². The molecule has 0 unspecified atom stereocenters. The molecule has 2 aromatic heterocycles. The van der Waals surface area contributed by atoms with Crippen LogP contribution in [0.1, 0.15) is 49.5 Å². The van der Waals surface area contributed by atoms with Crippen molar-refractivity contribution in [2.45, 2.75) is 84.5 Å². The fourth-order valence-corrected chi connectivity index (χ4v) is 6.24. The topological polar surface area (TPSA) is 123 Å². The van der Waals surface area contributed by atoms with E-state index in [1.54, 1.807) is 43.8 Å². The fraction of sp³-hybridized carbons (Fsp3) is 0.514. The van der Waals surface area contributed by atoms with Crippen molar-refractivity contribution < 1.29 is 51.2 Å². The molecule has 4 aromatic rings. The molecule has 0 saturated heterocycles. The summed E-state index contributed by atoms with van der Waals surface area (Å²) in [6.07, 6.45) is -2.62. The van der Waals surface area contributed by atoms with Crippen LogP contribution in [-0.4, -0.2) is 91.8 Å². The second-order valence-corrected chi connectivity index (χ2v) is 20.8. The van der Waals surface area contributed by atoms with E-state index in [9.17, 15) is 22.8 Å². The molecule has 12 nitrogen and oxygen atoms in total. The van der Waals surface area contributed by atoms with Gasteiger partial charge in [0.15, 0.2) is 0 Å². The molecular weight excluding hydrogens is 749 g/mol. The lowest BCUT2D eigenvalue weighted by atomic mass is 10.1. The Morgan fingerprint density at radius 3 is 2.37 bits per heavy atom. The fourth-order valence-electron chi connectivity index (χ4n) is 5.24. The highest BCUT2D eigenvalue weighted by atomic mass is 35.5. The van der Waals surface area contributed by atoms with Gasteiger partial charge in [-0.3, -0.25) is 0 Å². The monoisotopic (exact) mass is 796 g/mol. The number of nitrogens with zero attached hydrogens (tertiary/aromatic N) is 4. The van der Waals surface area contributed by atoms with E-state index in [0.29, 0.717) is 60.5 Å². The number of benzene rings is 2. The van der Waals surface area contributed by atoms with Gasteiger partial charge in [-0.05, 0) is 75.6 Å². The Bertz CT molecular complexity index is 1900. The largest absolute Gasteiger partial charge is 0.573 e. The number of ether oxygens (including phenoxy) is 6. The van der Waals surface area contributed by atoms with Crippen LogP contribution >= 0.6 is 11.6 Å². The van der Waals surface area contributed by atoms with E-state index in [4.69, 9.17) is 40.3 Å². The van der Waals surface area contributed by atoms with Crippen LogP contribution < -0.4 is 9.47 Å². The van der Waals surface area contributed by atoms with Crippen molar-refractivity contribution in [2.75, 3.05) is 40.1 Å². The van der Waals surface area contributed by atoms with Crippen molar-refractivity contribution in [3.63, 3.8) is 0 Å². The zero-order valence-corrected chi connectivity index (χ0v) is 33.4. The van der Waals surface area contributed by atoms with Gasteiger partial charge >= 0.3 is 18.4 Å². The number of aromatic nitrogens is 3. The van der Waals surface area contributed by atoms with Gasteiger partial charge in [0.1, 0.15) is 24.7 Å². The number of amides is 1. The van der Waals surface area contributed by atoms with Gasteiger partial charge < -0.3 is 33.3 Å². The van der Waals surface area contributed by atoms with E-state index in [0.717, 1.165) is 23.0 Å². The zero-order valence-electron chi connectivity index (χ0n) is 31.7. The average Bonchev–Trinajstić information content (AvgIpc) is 3.50. The Balaban J connectivity index is 1.35. The minimum Gasteiger partial charge on any atom is -0.475 e. The molecule has 1 amide bonds. The Labute approximate surface area is 318 Å². The Kier molecular flexibility index (Phi) is 14.6. The zero-order chi connectivity index (χ0) is 39.7. The summed E-state index contributed by atoms with van der Waals surface area (Å²) in [5.41, 5.74) is 1.41. The molecule has 0 atom stereocenters. The minimum atomic E-state index is -4.88. The van der Waals surface area contributed by atoms with Crippen LogP contribution in [-0.2, 0) is 32.2 Å². The molecule has 0 saturated carbocycles. The summed E-state index contributed by atoms with van der Waals surface area (Å²) >= 11 is 6.03. The number of unbranched alkanes of at least 4 members (excludes halogenated alkanes) is 1. The summed E-state index contributed by atoms with van der Waals surface area (Å²) in [5.74, 6) is -0.674. The lowest BCUT2D eigenvalue weighted by Crippen LogP contribution is -2.37. The predicted octanol–water partition coefficient (Wildman–Crippen LogP) is 8.85. The summed E-state index contributed by atoms with van der Waals surface area (Å²) in [7, 11) is 0.0473. The van der Waals surface area contributed by atoms with Crippen LogP contribution in [0.3, 0.4) is 0 Å². The van der Waals surface area contributed by atoms with Gasteiger partial charge in [0, 0.05) is 39.8 Å². The van der Waals surface area contributed by atoms with Gasteiger partial charge in [0.25, 0.3) is 0 Å². The number of halogens is 4. The summed E-state index contributed by atoms with van der Waals surface area (Å²) in [6, 6.07) is 10.0. The summed E-state index contributed by atoms with van der Waals surface area (Å²) in [5, 5.41) is 5.79. The maximum Gasteiger partial charge on any atom is 0.573 e. The third kappa shape index (κ3) is 13.0. The van der Waals surface area contributed by atoms with Gasteiger partial charge in [0.2, 0.25) is 5.88 Å². The van der Waals surface area contributed by atoms with Gasteiger partial charge in [-0.1, -0.05) is 37.3 Å². The standard InChI is InChI=1S/C37H48ClF3N4O8Si/c1-36(2,3)53-35(47)44(23-25-10-13-31(29(38)20-25)52-37(39,40)41)14-8-9-15-49-16-17-51-33-28-22-42-45(24-50-18-19-54(5,6)7)32(28)27-12-11-26(34(46)48-4)21-30(27)43-33/h10-13,20-22H,8-9,14-19,23-24H2,1-7H3. The normalized spacial score (nSPS) is 12.3. The van der Waals surface area contributed by atoms with E-state index in [1.165, 1.54) is 24.1 Å². The van der Waals surface area contributed by atoms with Crippen molar-refractivity contribution in [1.29, 1.82) is 0 Å². The number of alkyl halides is 3. The van der Waals surface area contributed by atoms with Gasteiger partial charge in [-0.2, -0.15) is 5.10 Å². The highest BCUT2D eigenvalue weighted by Crippen LogP contribution is 2.33. The summed E-state index contributed by atoms with van der Waals surface area (Å²) < 4.78 is 72.1. The number of methoxy groups -OCH3 is 1. The maximum absolute atomic E-state index is 13.0. The molecule has 0 N–H and O–H groups in total. The number of carbonyl (C=O) groups excluding carboxylic acids is 2.